The van der Waals surface area contributed by atoms with Crippen molar-refractivity contribution < 1.29 is 0 Å². The van der Waals surface area contributed by atoms with Gasteiger partial charge in [0.25, 0.3) is 0 Å². The van der Waals surface area contributed by atoms with Crippen molar-refractivity contribution in [1.82, 2.24) is 10.6 Å². The molecule has 148 valence electrons. The summed E-state index contributed by atoms with van der Waals surface area (Å²) < 4.78 is 0. The van der Waals surface area contributed by atoms with Crippen molar-refractivity contribution in [3.63, 3.8) is 0 Å². The van der Waals surface area contributed by atoms with Gasteiger partial charge < -0.3 is 15.5 Å². The Hall–Kier alpha value is -1.49. The van der Waals surface area contributed by atoms with E-state index in [0.29, 0.717) is 0 Å². The molecule has 0 spiro atoms. The molecule has 2 N–H and O–H groups in total. The molecule has 4 heteroatoms. The maximum Gasteiger partial charge on any atom is 0.0552 e. The molecule has 0 radical (unpaired) electrons. The number of para-hydroxylation sites is 2. The maximum absolute atomic E-state index is 3.56. The van der Waals surface area contributed by atoms with Gasteiger partial charge in [-0.05, 0) is 50.2 Å². The molecular weight excluding hydrogens is 350 g/mol. The number of fused-ring (bicyclic) bond motifs is 2. The minimum Gasteiger partial charge on any atom is -0.340 e. The number of unbranched alkanes of at least 4 members (excludes halogenated alkanes) is 1. The fourth-order valence-electron chi connectivity index (χ4n) is 3.11. The first kappa shape index (κ1) is 21.8. The van der Waals surface area contributed by atoms with Gasteiger partial charge in [-0.15, -0.1) is 0 Å². The molecule has 0 aromatic heterocycles. The van der Waals surface area contributed by atoms with Gasteiger partial charge in [0.05, 0.1) is 11.4 Å². The van der Waals surface area contributed by atoms with E-state index in [4.69, 9.17) is 0 Å². The average molecular weight is 386 g/mol. The molecule has 27 heavy (non-hydrogen) atoms. The minimum absolute atomic E-state index is 1.05. The highest BCUT2D eigenvalue weighted by Crippen LogP contribution is 2.47. The minimum atomic E-state index is 1.05. The smallest absolute Gasteiger partial charge is 0.0552 e. The van der Waals surface area contributed by atoms with Gasteiger partial charge in [0, 0.05) is 29.4 Å². The largest absolute Gasteiger partial charge is 0.340 e. The first-order valence-corrected chi connectivity index (χ1v) is 11.3. The third-order valence-corrected chi connectivity index (χ3v) is 5.58. The summed E-state index contributed by atoms with van der Waals surface area (Å²) in [6.07, 6.45) is 3.67. The van der Waals surface area contributed by atoms with Crippen LogP contribution in [-0.2, 0) is 0 Å². The standard InChI is InChI=1S/C21H29N3S.C2H6/c1-2-3-13-22-15-16-23-14-8-17-24-18-9-4-6-11-20(18)25-21-12-7-5-10-19(21)24;1-2/h4-7,9-12,22-23H,2-3,8,13-17H2,1H3;1-2H3. The summed E-state index contributed by atoms with van der Waals surface area (Å²) in [5.41, 5.74) is 2.68. The van der Waals surface area contributed by atoms with Gasteiger partial charge in [-0.2, -0.15) is 0 Å². The summed E-state index contributed by atoms with van der Waals surface area (Å²) in [5.74, 6) is 0. The molecule has 2 aromatic rings. The molecule has 0 bridgehead atoms. The quantitative estimate of drug-likeness (QED) is 0.514. The Morgan fingerprint density at radius 2 is 1.26 bits per heavy atom. The van der Waals surface area contributed by atoms with E-state index in [1.165, 1.54) is 34.0 Å². The van der Waals surface area contributed by atoms with E-state index in [0.717, 1.165) is 39.1 Å². The van der Waals surface area contributed by atoms with Crippen LogP contribution in [0.4, 0.5) is 11.4 Å². The Labute approximate surface area is 169 Å². The van der Waals surface area contributed by atoms with E-state index in [-0.39, 0.29) is 0 Å². The van der Waals surface area contributed by atoms with Gasteiger partial charge >= 0.3 is 0 Å². The van der Waals surface area contributed by atoms with Crippen molar-refractivity contribution in [2.24, 2.45) is 0 Å². The van der Waals surface area contributed by atoms with E-state index in [2.05, 4.69) is 71.0 Å². The van der Waals surface area contributed by atoms with Crippen molar-refractivity contribution >= 4 is 23.1 Å². The van der Waals surface area contributed by atoms with Gasteiger partial charge in [0.1, 0.15) is 0 Å². The lowest BCUT2D eigenvalue weighted by atomic mass is 10.2. The van der Waals surface area contributed by atoms with E-state index in [9.17, 15) is 0 Å². The highest BCUT2D eigenvalue weighted by Gasteiger charge is 2.21. The fourth-order valence-corrected chi connectivity index (χ4v) is 4.21. The molecule has 2 aromatic carbocycles. The number of anilines is 2. The molecule has 1 heterocycles. The van der Waals surface area contributed by atoms with E-state index in [1.807, 2.05) is 25.6 Å². The molecule has 1 aliphatic rings. The Kier molecular flexibility index (Phi) is 10.4. The first-order valence-electron chi connectivity index (χ1n) is 10.4. The second-order valence-electron chi connectivity index (χ2n) is 6.40. The Bertz CT molecular complexity index is 614. The maximum atomic E-state index is 3.56. The van der Waals surface area contributed by atoms with Gasteiger partial charge in [0.15, 0.2) is 0 Å². The molecule has 0 saturated carbocycles. The third kappa shape index (κ3) is 6.56. The number of hydrogen-bond donors (Lipinski definition) is 2. The second kappa shape index (κ2) is 12.8. The number of nitrogens with zero attached hydrogens (tertiary/aromatic N) is 1. The van der Waals surface area contributed by atoms with Crippen LogP contribution >= 0.6 is 11.8 Å². The van der Waals surface area contributed by atoms with Crippen molar-refractivity contribution in [1.29, 1.82) is 0 Å². The number of nitrogens with one attached hydrogen (secondary N) is 2. The zero-order valence-corrected chi connectivity index (χ0v) is 17.9. The first-order chi connectivity index (χ1) is 13.4. The lowest BCUT2D eigenvalue weighted by Gasteiger charge is -2.32. The Balaban J connectivity index is 0.00000126. The predicted molar refractivity (Wildman–Crippen MR) is 121 cm³/mol. The molecule has 0 unspecified atom stereocenters. The van der Waals surface area contributed by atoms with Crippen LogP contribution in [0.25, 0.3) is 0 Å². The van der Waals surface area contributed by atoms with Crippen molar-refractivity contribution in [2.45, 2.75) is 49.8 Å². The molecule has 0 amide bonds. The zero-order chi connectivity index (χ0) is 19.3. The van der Waals surface area contributed by atoms with Crippen LogP contribution in [0.3, 0.4) is 0 Å². The fraction of sp³-hybridized carbons (Fsp3) is 0.478. The van der Waals surface area contributed by atoms with Crippen LogP contribution in [-0.4, -0.2) is 32.7 Å². The van der Waals surface area contributed by atoms with Crippen LogP contribution in [0.2, 0.25) is 0 Å². The monoisotopic (exact) mass is 385 g/mol. The number of benzene rings is 2. The summed E-state index contributed by atoms with van der Waals surface area (Å²) in [6.45, 7) is 11.6. The van der Waals surface area contributed by atoms with E-state index < -0.39 is 0 Å². The van der Waals surface area contributed by atoms with Crippen LogP contribution in [0, 0.1) is 0 Å². The van der Waals surface area contributed by atoms with Crippen molar-refractivity contribution in [3.8, 4) is 0 Å². The van der Waals surface area contributed by atoms with Gasteiger partial charge in [0.2, 0.25) is 0 Å². The van der Waals surface area contributed by atoms with Crippen LogP contribution in [0.5, 0.6) is 0 Å². The lowest BCUT2D eigenvalue weighted by Crippen LogP contribution is -2.30. The van der Waals surface area contributed by atoms with Crippen LogP contribution < -0.4 is 15.5 Å². The summed E-state index contributed by atoms with van der Waals surface area (Å²) in [7, 11) is 0. The van der Waals surface area contributed by atoms with Gasteiger partial charge in [-0.25, -0.2) is 0 Å². The van der Waals surface area contributed by atoms with Gasteiger partial charge in [-0.3, -0.25) is 0 Å². The van der Waals surface area contributed by atoms with E-state index >= 15 is 0 Å². The zero-order valence-electron chi connectivity index (χ0n) is 17.1. The van der Waals surface area contributed by atoms with Crippen molar-refractivity contribution in [2.75, 3.05) is 37.6 Å². The van der Waals surface area contributed by atoms with E-state index in [1.54, 1.807) is 0 Å². The molecular formula is C23H35N3S. The molecule has 0 atom stereocenters. The highest BCUT2D eigenvalue weighted by molar-refractivity contribution is 7.99. The summed E-state index contributed by atoms with van der Waals surface area (Å²) in [5, 5.41) is 7.03. The molecule has 1 aliphatic heterocycles. The topological polar surface area (TPSA) is 27.3 Å². The van der Waals surface area contributed by atoms with Crippen LogP contribution in [0.1, 0.15) is 40.0 Å². The lowest BCUT2D eigenvalue weighted by molar-refractivity contribution is 0.583. The van der Waals surface area contributed by atoms with Crippen LogP contribution in [0.15, 0.2) is 58.3 Å². The predicted octanol–water partition coefficient (Wildman–Crippen LogP) is 5.68. The summed E-state index contributed by atoms with van der Waals surface area (Å²) in [4.78, 5) is 5.19. The normalized spacial score (nSPS) is 12.0. The second-order valence-corrected chi connectivity index (χ2v) is 7.48. The van der Waals surface area contributed by atoms with Gasteiger partial charge in [-0.1, -0.05) is 63.2 Å². The van der Waals surface area contributed by atoms with Crippen molar-refractivity contribution in [3.05, 3.63) is 48.5 Å². The number of rotatable bonds is 10. The molecule has 3 rings (SSSR count). The summed E-state index contributed by atoms with van der Waals surface area (Å²) >= 11 is 1.88. The highest BCUT2D eigenvalue weighted by atomic mass is 32.2. The third-order valence-electron chi connectivity index (χ3n) is 4.45. The summed E-state index contributed by atoms with van der Waals surface area (Å²) in [6, 6.07) is 17.5. The molecule has 0 fully saturated rings. The SMILES string of the molecule is CC.CCCCNCCNCCCN1c2ccccc2Sc2ccccc21. The average Bonchev–Trinajstić information content (AvgIpc) is 2.73. The number of hydrogen-bond acceptors (Lipinski definition) is 4. The Morgan fingerprint density at radius 3 is 1.81 bits per heavy atom. The Morgan fingerprint density at radius 1 is 0.741 bits per heavy atom. The molecule has 3 nitrogen and oxygen atoms in total. The molecule has 0 aliphatic carbocycles. The molecule has 0 saturated heterocycles.